The van der Waals surface area contributed by atoms with Gasteiger partial charge in [0.1, 0.15) is 73.2 Å². The molecule has 3 aliphatic rings. The minimum Gasteiger partial charge on any atom is -0.394 e. The van der Waals surface area contributed by atoms with Crippen LogP contribution in [0.25, 0.3) is 0 Å². The van der Waals surface area contributed by atoms with Gasteiger partial charge in [-0.3, -0.25) is 0 Å². The number of rotatable bonds is 10. The smallest absolute Gasteiger partial charge is 0.187 e. The van der Waals surface area contributed by atoms with Gasteiger partial charge in [-0.25, -0.2) is 0 Å². The van der Waals surface area contributed by atoms with Gasteiger partial charge in [-0.2, -0.15) is 0 Å². The maximum Gasteiger partial charge on any atom is 0.187 e. The van der Waals surface area contributed by atoms with Crippen LogP contribution in [0.1, 0.15) is 41.0 Å². The molecule has 0 aromatic heterocycles. The summed E-state index contributed by atoms with van der Waals surface area (Å²) >= 11 is 0. The number of aliphatic hydroxyl groups is 10. The summed E-state index contributed by atoms with van der Waals surface area (Å²) < 4.78 is 35.2. The summed E-state index contributed by atoms with van der Waals surface area (Å²) in [6.45, 7) is 7.17. The molecule has 0 aromatic carbocycles. The molecule has 0 aliphatic carbocycles. The second-order valence-electron chi connectivity index (χ2n) is 12.3. The third kappa shape index (κ3) is 7.09. The molecule has 3 saturated heterocycles. The molecule has 3 aliphatic heterocycles. The Morgan fingerprint density at radius 3 is 1.29 bits per heavy atom. The lowest BCUT2D eigenvalue weighted by Gasteiger charge is -2.51. The van der Waals surface area contributed by atoms with Crippen LogP contribution in [0.5, 0.6) is 0 Å². The molecule has 12 unspecified atom stereocenters. The fourth-order valence-electron chi connectivity index (χ4n) is 5.15. The lowest BCUT2D eigenvalue weighted by atomic mass is 9.76. The predicted octanol–water partition coefficient (Wildman–Crippen LogP) is -4.33. The van der Waals surface area contributed by atoms with Crippen LogP contribution in [0, 0.1) is 5.41 Å². The highest BCUT2D eigenvalue weighted by Crippen LogP contribution is 2.41. The van der Waals surface area contributed by atoms with Crippen molar-refractivity contribution in [2.75, 3.05) is 19.8 Å². The molecule has 16 nitrogen and oxygen atoms in total. The Bertz CT molecular complexity index is 840. The second kappa shape index (κ2) is 14.2. The molecule has 0 saturated carbocycles. The first-order valence-electron chi connectivity index (χ1n) is 14.1. The fourth-order valence-corrected chi connectivity index (χ4v) is 5.15. The average Bonchev–Trinajstić information content (AvgIpc) is 2.95. The molecule has 0 amide bonds. The molecule has 16 heteroatoms. The molecule has 16 atom stereocenters. The van der Waals surface area contributed by atoms with Crippen LogP contribution in [0.3, 0.4) is 0 Å². The van der Waals surface area contributed by atoms with E-state index in [9.17, 15) is 51.1 Å². The van der Waals surface area contributed by atoms with E-state index in [4.69, 9.17) is 28.4 Å². The lowest BCUT2D eigenvalue weighted by Crippen LogP contribution is -2.68. The fraction of sp³-hybridized carbons (Fsp3) is 1.00. The number of ether oxygens (including phenoxy) is 6. The Morgan fingerprint density at radius 2 is 0.905 bits per heavy atom. The summed E-state index contributed by atoms with van der Waals surface area (Å²) in [6.07, 6.45) is -24.1. The maximum atomic E-state index is 11.2. The van der Waals surface area contributed by atoms with Gasteiger partial charge in [0.05, 0.1) is 25.4 Å². The zero-order valence-electron chi connectivity index (χ0n) is 24.4. The van der Waals surface area contributed by atoms with Crippen LogP contribution in [0.2, 0.25) is 0 Å². The van der Waals surface area contributed by atoms with Gasteiger partial charge >= 0.3 is 0 Å². The standard InChI is InChI=1S/C26H48O16/c1-6-26(5,25(2,3)4)42-24-21(41-23-19(36)17(34)14(31)11(8-28)38-23)20(15(32)12(9-29)39-24)40-22-18(35)16(33)13(30)10(7-27)37-22/h10-24,27-36H,6-9H2,1-5H3/t10?,11-,12?,13?,14-,15?,16?,17+,18?,19+,20?,21?,22?,23?,24?,26?/m1/s1. The quantitative estimate of drug-likeness (QED) is 0.111. The Hall–Kier alpha value is -0.640. The molecule has 3 fully saturated rings. The average molecular weight is 617 g/mol. The Labute approximate surface area is 243 Å². The first kappa shape index (κ1) is 35.8. The second-order valence-corrected chi connectivity index (χ2v) is 12.3. The highest BCUT2D eigenvalue weighted by Gasteiger charge is 2.56. The predicted molar refractivity (Wildman–Crippen MR) is 138 cm³/mol. The SMILES string of the molecule is CCC(C)(OC1OC(CO)C(O)C(OC2OC(CO)C(O)C(O)C2O)C1OC1O[C@H](CO)[C@@H](O)[C@H](O)[C@@H]1O)C(C)(C)C. The van der Waals surface area contributed by atoms with E-state index in [2.05, 4.69) is 0 Å². The van der Waals surface area contributed by atoms with Crippen molar-refractivity contribution in [2.24, 2.45) is 5.41 Å². The molecule has 3 rings (SSSR count). The first-order chi connectivity index (χ1) is 19.5. The molecule has 0 aromatic rings. The summed E-state index contributed by atoms with van der Waals surface area (Å²) in [7, 11) is 0. The normalized spacial score (nSPS) is 46.8. The van der Waals surface area contributed by atoms with E-state index < -0.39 is 123 Å². The van der Waals surface area contributed by atoms with E-state index in [1.54, 1.807) is 6.92 Å². The highest BCUT2D eigenvalue weighted by atomic mass is 16.8. The van der Waals surface area contributed by atoms with E-state index in [0.29, 0.717) is 6.42 Å². The zero-order chi connectivity index (χ0) is 31.7. The number of hydrogen-bond acceptors (Lipinski definition) is 16. The van der Waals surface area contributed by atoms with Crippen molar-refractivity contribution in [3.05, 3.63) is 0 Å². The molecular weight excluding hydrogens is 568 g/mol. The minimum atomic E-state index is -1.87. The van der Waals surface area contributed by atoms with Crippen molar-refractivity contribution in [3.63, 3.8) is 0 Å². The Kier molecular flexibility index (Phi) is 12.1. The van der Waals surface area contributed by atoms with Gasteiger partial charge in [0.2, 0.25) is 0 Å². The Balaban J connectivity index is 2.03. The van der Waals surface area contributed by atoms with E-state index in [1.165, 1.54) is 0 Å². The van der Waals surface area contributed by atoms with E-state index >= 15 is 0 Å². The van der Waals surface area contributed by atoms with Crippen LogP contribution < -0.4 is 0 Å². The largest absolute Gasteiger partial charge is 0.394 e. The molecule has 0 spiro atoms. The molecular formula is C26H48O16. The van der Waals surface area contributed by atoms with Gasteiger partial charge in [-0.1, -0.05) is 27.7 Å². The van der Waals surface area contributed by atoms with Crippen molar-refractivity contribution in [3.8, 4) is 0 Å². The summed E-state index contributed by atoms with van der Waals surface area (Å²) in [4.78, 5) is 0. The molecule has 0 radical (unpaired) electrons. The lowest BCUT2D eigenvalue weighted by molar-refractivity contribution is -0.403. The van der Waals surface area contributed by atoms with E-state index in [0.717, 1.165) is 0 Å². The van der Waals surface area contributed by atoms with Crippen molar-refractivity contribution < 1.29 is 79.5 Å². The van der Waals surface area contributed by atoms with Gasteiger partial charge in [0.25, 0.3) is 0 Å². The monoisotopic (exact) mass is 616 g/mol. The molecule has 42 heavy (non-hydrogen) atoms. The topological polar surface area (TPSA) is 258 Å². The van der Waals surface area contributed by atoms with Gasteiger partial charge in [0, 0.05) is 0 Å². The molecule has 0 bridgehead atoms. The van der Waals surface area contributed by atoms with Gasteiger partial charge < -0.3 is 79.5 Å². The molecule has 3 heterocycles. The summed E-state index contributed by atoms with van der Waals surface area (Å²) in [6, 6.07) is 0. The van der Waals surface area contributed by atoms with Crippen LogP contribution in [-0.2, 0) is 28.4 Å². The number of hydrogen-bond donors (Lipinski definition) is 10. The van der Waals surface area contributed by atoms with Gasteiger partial charge in [-0.05, 0) is 18.8 Å². The minimum absolute atomic E-state index is 0.452. The first-order valence-corrected chi connectivity index (χ1v) is 14.1. The summed E-state index contributed by atoms with van der Waals surface area (Å²) in [5, 5.41) is 103. The molecule has 10 N–H and O–H groups in total. The van der Waals surface area contributed by atoms with Crippen LogP contribution in [0.15, 0.2) is 0 Å². The van der Waals surface area contributed by atoms with Crippen molar-refractivity contribution in [1.29, 1.82) is 0 Å². The highest BCUT2D eigenvalue weighted by molar-refractivity contribution is 4.98. The van der Waals surface area contributed by atoms with Gasteiger partial charge in [-0.15, -0.1) is 0 Å². The van der Waals surface area contributed by atoms with Crippen LogP contribution >= 0.6 is 0 Å². The van der Waals surface area contributed by atoms with Crippen molar-refractivity contribution in [1.82, 2.24) is 0 Å². The van der Waals surface area contributed by atoms with Crippen LogP contribution in [-0.4, -0.2) is 169 Å². The van der Waals surface area contributed by atoms with Crippen molar-refractivity contribution in [2.45, 2.75) is 139 Å². The van der Waals surface area contributed by atoms with Crippen LogP contribution in [0.4, 0.5) is 0 Å². The van der Waals surface area contributed by atoms with Crippen molar-refractivity contribution >= 4 is 0 Å². The van der Waals surface area contributed by atoms with Gasteiger partial charge in [0.15, 0.2) is 18.9 Å². The van der Waals surface area contributed by atoms with E-state index in [1.807, 2.05) is 27.7 Å². The van der Waals surface area contributed by atoms with E-state index in [-0.39, 0.29) is 0 Å². The number of aliphatic hydroxyl groups excluding tert-OH is 10. The Morgan fingerprint density at radius 1 is 0.524 bits per heavy atom. The third-order valence-corrected chi connectivity index (χ3v) is 8.72. The maximum absolute atomic E-state index is 11.2. The zero-order valence-corrected chi connectivity index (χ0v) is 24.4. The summed E-state index contributed by atoms with van der Waals surface area (Å²) in [5.41, 5.74) is -1.43. The third-order valence-electron chi connectivity index (χ3n) is 8.72. The summed E-state index contributed by atoms with van der Waals surface area (Å²) in [5.74, 6) is 0. The molecule has 248 valence electrons.